The van der Waals surface area contributed by atoms with Crippen LogP contribution in [0.15, 0.2) is 41.7 Å². The lowest BCUT2D eigenvalue weighted by Crippen LogP contribution is -2.38. The minimum absolute atomic E-state index is 0.220. The highest BCUT2D eigenvalue weighted by molar-refractivity contribution is 5.93. The van der Waals surface area contributed by atoms with Crippen molar-refractivity contribution in [3.05, 3.63) is 53.3 Å². The van der Waals surface area contributed by atoms with Gasteiger partial charge in [0.1, 0.15) is 18.7 Å². The molecule has 8 nitrogen and oxygen atoms in total. The quantitative estimate of drug-likeness (QED) is 0.525. The summed E-state index contributed by atoms with van der Waals surface area (Å²) in [7, 11) is 1.82. The molecule has 1 N–H and O–H groups in total. The van der Waals surface area contributed by atoms with Crippen molar-refractivity contribution in [2.45, 2.75) is 25.6 Å². The fraction of sp³-hybridized carbons (Fsp3) is 0.353. The molecule has 25 heavy (non-hydrogen) atoms. The summed E-state index contributed by atoms with van der Waals surface area (Å²) in [6.07, 6.45) is 1.76. The summed E-state index contributed by atoms with van der Waals surface area (Å²) in [6.45, 7) is 2.48. The molecule has 2 bridgehead atoms. The molecule has 2 amide bonds. The Balaban J connectivity index is 1.66. The second kappa shape index (κ2) is 5.89. The molecule has 1 saturated heterocycles. The van der Waals surface area contributed by atoms with Crippen molar-refractivity contribution in [1.29, 1.82) is 0 Å². The van der Waals surface area contributed by atoms with Gasteiger partial charge in [-0.2, -0.15) is 10.2 Å². The zero-order valence-corrected chi connectivity index (χ0v) is 14.0. The number of urea groups is 1. The van der Waals surface area contributed by atoms with Crippen LogP contribution in [-0.2, 0) is 18.5 Å². The number of oxime groups is 1. The van der Waals surface area contributed by atoms with Crippen LogP contribution < -0.4 is 0 Å². The van der Waals surface area contributed by atoms with Gasteiger partial charge in [0, 0.05) is 12.6 Å². The van der Waals surface area contributed by atoms with Gasteiger partial charge in [0.25, 0.3) is 0 Å². The molecule has 2 aromatic rings. The van der Waals surface area contributed by atoms with E-state index in [9.17, 15) is 10.0 Å². The first kappa shape index (κ1) is 15.6. The predicted octanol–water partition coefficient (Wildman–Crippen LogP) is 2.24. The second-order valence-electron chi connectivity index (χ2n) is 6.29. The van der Waals surface area contributed by atoms with E-state index in [-0.39, 0.29) is 12.1 Å². The van der Waals surface area contributed by atoms with E-state index in [4.69, 9.17) is 4.84 Å². The molecular weight excluding hydrogens is 322 g/mol. The van der Waals surface area contributed by atoms with Crippen LogP contribution >= 0.6 is 0 Å². The number of amides is 2. The summed E-state index contributed by atoms with van der Waals surface area (Å²) in [5.74, 6) is 0. The van der Waals surface area contributed by atoms with Crippen molar-refractivity contribution in [1.82, 2.24) is 19.7 Å². The molecular formula is C17H19N5O3. The number of carbonyl (C=O) groups excluding carboxylic acids is 1. The van der Waals surface area contributed by atoms with Gasteiger partial charge in [-0.1, -0.05) is 35.5 Å². The van der Waals surface area contributed by atoms with Crippen molar-refractivity contribution in [2.24, 2.45) is 12.2 Å². The van der Waals surface area contributed by atoms with Gasteiger partial charge in [-0.25, -0.2) is 4.79 Å². The van der Waals surface area contributed by atoms with E-state index in [2.05, 4.69) is 10.3 Å². The normalized spacial score (nSPS) is 22.5. The Kier molecular flexibility index (Phi) is 3.69. The Hall–Kier alpha value is -2.87. The van der Waals surface area contributed by atoms with Crippen LogP contribution in [0.3, 0.4) is 0 Å². The summed E-state index contributed by atoms with van der Waals surface area (Å²) >= 11 is 0. The first-order valence-electron chi connectivity index (χ1n) is 8.09. The lowest BCUT2D eigenvalue weighted by atomic mass is 9.95. The molecule has 0 spiro atoms. The molecule has 0 saturated carbocycles. The Morgan fingerprint density at radius 3 is 2.88 bits per heavy atom. The van der Waals surface area contributed by atoms with Crippen LogP contribution in [-0.4, -0.2) is 43.2 Å². The van der Waals surface area contributed by atoms with E-state index < -0.39 is 6.04 Å². The molecule has 2 atom stereocenters. The van der Waals surface area contributed by atoms with E-state index in [1.54, 1.807) is 22.7 Å². The maximum atomic E-state index is 12.9. The number of hydrogen-bond donors (Lipinski definition) is 1. The SMILES string of the molecule is C/C(=N\O)[C@@H]1c2c(cnn2C)[C@H]2CN1C(=O)N2OCc1ccccc1. The molecule has 1 aromatic carbocycles. The van der Waals surface area contributed by atoms with Gasteiger partial charge in [0.2, 0.25) is 0 Å². The number of fused-ring (bicyclic) bond motifs is 4. The monoisotopic (exact) mass is 341 g/mol. The topological polar surface area (TPSA) is 83.2 Å². The lowest BCUT2D eigenvalue weighted by molar-refractivity contribution is -0.141. The van der Waals surface area contributed by atoms with Crippen LogP contribution in [0.1, 0.15) is 35.8 Å². The van der Waals surface area contributed by atoms with E-state index in [1.165, 1.54) is 5.06 Å². The summed E-state index contributed by atoms with van der Waals surface area (Å²) in [5.41, 5.74) is 3.21. The van der Waals surface area contributed by atoms with Gasteiger partial charge in [0.15, 0.2) is 0 Å². The van der Waals surface area contributed by atoms with Crippen LogP contribution in [0.4, 0.5) is 4.79 Å². The number of nitrogens with zero attached hydrogens (tertiary/aromatic N) is 5. The Bertz CT molecular complexity index is 832. The fourth-order valence-electron chi connectivity index (χ4n) is 3.58. The third-order valence-electron chi connectivity index (χ3n) is 4.80. The van der Waals surface area contributed by atoms with Gasteiger partial charge < -0.3 is 10.1 Å². The number of carbonyl (C=O) groups is 1. The molecule has 0 unspecified atom stereocenters. The van der Waals surface area contributed by atoms with Crippen LogP contribution in [0, 0.1) is 0 Å². The molecule has 8 heteroatoms. The Labute approximate surface area is 144 Å². The fourth-order valence-corrected chi connectivity index (χ4v) is 3.58. The number of hydrogen-bond acceptors (Lipinski definition) is 5. The first-order valence-corrected chi connectivity index (χ1v) is 8.09. The minimum atomic E-state index is -0.443. The maximum Gasteiger partial charge on any atom is 0.345 e. The van der Waals surface area contributed by atoms with Gasteiger partial charge in [-0.15, -0.1) is 0 Å². The van der Waals surface area contributed by atoms with Gasteiger partial charge in [-0.3, -0.25) is 9.52 Å². The standard InChI is InChI=1S/C17H19N5O3/c1-11(19-24)15-16-13(8-18-20(16)2)14-9-21(15)17(23)22(14)25-10-12-6-4-3-5-7-12/h3-8,14-15,24H,9-10H2,1-2H3/b19-11+/t14-,15-/m1/s1. The van der Waals surface area contributed by atoms with Crippen LogP contribution in [0.2, 0.25) is 0 Å². The number of rotatable bonds is 4. The molecule has 130 valence electrons. The zero-order valence-electron chi connectivity index (χ0n) is 14.0. The van der Waals surface area contributed by atoms with Gasteiger partial charge >= 0.3 is 6.03 Å². The van der Waals surface area contributed by atoms with Gasteiger partial charge in [-0.05, 0) is 12.5 Å². The second-order valence-corrected chi connectivity index (χ2v) is 6.29. The summed E-state index contributed by atoms with van der Waals surface area (Å²) < 4.78 is 1.72. The summed E-state index contributed by atoms with van der Waals surface area (Å²) in [5, 5.41) is 18.3. The van der Waals surface area contributed by atoms with E-state index in [0.29, 0.717) is 18.9 Å². The predicted molar refractivity (Wildman–Crippen MR) is 88.8 cm³/mol. The van der Waals surface area contributed by atoms with Gasteiger partial charge in [0.05, 0.1) is 24.1 Å². The van der Waals surface area contributed by atoms with Crippen LogP contribution in [0.25, 0.3) is 0 Å². The highest BCUT2D eigenvalue weighted by Crippen LogP contribution is 2.44. The summed E-state index contributed by atoms with van der Waals surface area (Å²) in [4.78, 5) is 20.4. The van der Waals surface area contributed by atoms with E-state index in [1.807, 2.05) is 37.4 Å². The molecule has 2 aliphatic heterocycles. The van der Waals surface area contributed by atoms with Crippen molar-refractivity contribution >= 4 is 11.7 Å². The molecule has 2 aliphatic rings. The number of aromatic nitrogens is 2. The van der Waals surface area contributed by atoms with Crippen LogP contribution in [0.5, 0.6) is 0 Å². The number of benzene rings is 1. The van der Waals surface area contributed by atoms with Crippen molar-refractivity contribution in [3.63, 3.8) is 0 Å². The van der Waals surface area contributed by atoms with Crippen molar-refractivity contribution in [2.75, 3.05) is 6.54 Å². The zero-order chi connectivity index (χ0) is 17.6. The molecule has 1 aromatic heterocycles. The number of aryl methyl sites for hydroxylation is 1. The highest BCUT2D eigenvalue weighted by atomic mass is 16.7. The maximum absolute atomic E-state index is 12.9. The third kappa shape index (κ3) is 2.37. The smallest absolute Gasteiger partial charge is 0.345 e. The molecule has 4 rings (SSSR count). The van der Waals surface area contributed by atoms with Crippen molar-refractivity contribution in [3.8, 4) is 0 Å². The average Bonchev–Trinajstić information content (AvgIpc) is 3.15. The molecule has 1 fully saturated rings. The molecule has 0 aliphatic carbocycles. The third-order valence-corrected chi connectivity index (χ3v) is 4.80. The first-order chi connectivity index (χ1) is 12.1. The highest BCUT2D eigenvalue weighted by Gasteiger charge is 2.51. The average molecular weight is 341 g/mol. The summed E-state index contributed by atoms with van der Waals surface area (Å²) in [6, 6.07) is 8.81. The molecule has 0 radical (unpaired) electrons. The minimum Gasteiger partial charge on any atom is -0.411 e. The van der Waals surface area contributed by atoms with Crippen molar-refractivity contribution < 1.29 is 14.8 Å². The van der Waals surface area contributed by atoms with E-state index in [0.717, 1.165) is 16.8 Å². The lowest BCUT2D eigenvalue weighted by Gasteiger charge is -2.30. The molecule has 3 heterocycles. The van der Waals surface area contributed by atoms with E-state index >= 15 is 0 Å². The largest absolute Gasteiger partial charge is 0.411 e. The Morgan fingerprint density at radius 2 is 2.16 bits per heavy atom. The Morgan fingerprint density at radius 1 is 1.40 bits per heavy atom. The number of hydroxylamine groups is 2.